The van der Waals surface area contributed by atoms with Gasteiger partial charge in [0.1, 0.15) is 0 Å². The third kappa shape index (κ3) is 3.23. The molecule has 0 bridgehead atoms. The molecule has 2 aliphatic rings. The number of halogens is 1. The fourth-order valence-corrected chi connectivity index (χ4v) is 3.58. The number of hydrogen-bond acceptors (Lipinski definition) is 4. The lowest BCUT2D eigenvalue weighted by atomic mass is 9.98. The molecule has 7 heteroatoms. The maximum absolute atomic E-state index is 12.3. The Hall–Kier alpha value is -1.66. The van der Waals surface area contributed by atoms with Gasteiger partial charge in [-0.25, -0.2) is 0 Å². The molecular formula is C15H20ClN3O3. The Balaban J connectivity index is 0.00000176. The fraction of sp³-hybridized carbons (Fsp3) is 0.533. The molecule has 0 aromatic heterocycles. The monoisotopic (exact) mass is 325 g/mol. The van der Waals surface area contributed by atoms with Crippen LogP contribution < -0.4 is 5.73 Å². The summed E-state index contributed by atoms with van der Waals surface area (Å²) in [5, 5.41) is 10.8. The van der Waals surface area contributed by atoms with Gasteiger partial charge in [-0.1, -0.05) is 12.1 Å². The van der Waals surface area contributed by atoms with E-state index in [0.717, 1.165) is 25.9 Å². The van der Waals surface area contributed by atoms with Crippen molar-refractivity contribution >= 4 is 24.0 Å². The average molecular weight is 326 g/mol. The van der Waals surface area contributed by atoms with E-state index in [1.165, 1.54) is 12.1 Å². The maximum Gasteiger partial charge on any atom is 0.269 e. The molecule has 2 N–H and O–H groups in total. The summed E-state index contributed by atoms with van der Waals surface area (Å²) in [7, 11) is 0. The van der Waals surface area contributed by atoms with Gasteiger partial charge in [-0.15, -0.1) is 12.4 Å². The highest BCUT2D eigenvalue weighted by Gasteiger charge is 2.42. The van der Waals surface area contributed by atoms with E-state index in [9.17, 15) is 14.9 Å². The van der Waals surface area contributed by atoms with Crippen molar-refractivity contribution in [1.82, 2.24) is 4.90 Å². The van der Waals surface area contributed by atoms with Crippen LogP contribution in [-0.4, -0.2) is 34.9 Å². The third-order valence-corrected chi connectivity index (χ3v) is 4.74. The van der Waals surface area contributed by atoms with Crippen LogP contribution in [0.2, 0.25) is 0 Å². The maximum atomic E-state index is 12.3. The molecule has 1 saturated carbocycles. The number of benzene rings is 1. The van der Waals surface area contributed by atoms with Crippen molar-refractivity contribution in [3.63, 3.8) is 0 Å². The summed E-state index contributed by atoms with van der Waals surface area (Å²) in [6, 6.07) is 6.50. The van der Waals surface area contributed by atoms with E-state index in [2.05, 4.69) is 0 Å². The van der Waals surface area contributed by atoms with E-state index >= 15 is 0 Å². The lowest BCUT2D eigenvalue weighted by Gasteiger charge is -2.18. The van der Waals surface area contributed by atoms with Crippen molar-refractivity contribution in [2.45, 2.75) is 25.3 Å². The second-order valence-electron chi connectivity index (χ2n) is 6.07. The lowest BCUT2D eigenvalue weighted by Crippen LogP contribution is -2.34. The van der Waals surface area contributed by atoms with Gasteiger partial charge in [0, 0.05) is 31.3 Å². The second kappa shape index (κ2) is 6.62. The molecule has 3 unspecified atom stereocenters. The molecule has 1 aromatic carbocycles. The van der Waals surface area contributed by atoms with Crippen LogP contribution in [0.3, 0.4) is 0 Å². The average Bonchev–Trinajstić information content (AvgIpc) is 3.02. The molecule has 22 heavy (non-hydrogen) atoms. The van der Waals surface area contributed by atoms with Crippen molar-refractivity contribution < 1.29 is 9.72 Å². The quantitative estimate of drug-likeness (QED) is 0.677. The minimum Gasteiger partial charge on any atom is -0.342 e. The Kier molecular flexibility index (Phi) is 5.03. The van der Waals surface area contributed by atoms with Gasteiger partial charge in [0.2, 0.25) is 5.91 Å². The number of nitrogens with zero attached hydrogens (tertiary/aromatic N) is 2. The van der Waals surface area contributed by atoms with Gasteiger partial charge in [0.25, 0.3) is 5.69 Å². The molecule has 1 aliphatic heterocycles. The Morgan fingerprint density at radius 2 is 2.14 bits per heavy atom. The number of likely N-dealkylation sites (tertiary alicyclic amines) is 1. The first-order valence-corrected chi connectivity index (χ1v) is 7.31. The Labute approximate surface area is 135 Å². The van der Waals surface area contributed by atoms with Crippen molar-refractivity contribution in [3.8, 4) is 0 Å². The number of non-ortho nitro benzene ring substituents is 1. The first-order valence-electron chi connectivity index (χ1n) is 7.31. The highest BCUT2D eigenvalue weighted by atomic mass is 35.5. The Bertz CT molecular complexity index is 581. The molecule has 6 nitrogen and oxygen atoms in total. The lowest BCUT2D eigenvalue weighted by molar-refractivity contribution is -0.384. The van der Waals surface area contributed by atoms with Crippen molar-refractivity contribution in [1.29, 1.82) is 0 Å². The van der Waals surface area contributed by atoms with Crippen LogP contribution in [0.4, 0.5) is 5.69 Å². The highest BCUT2D eigenvalue weighted by molar-refractivity contribution is 5.85. The summed E-state index contributed by atoms with van der Waals surface area (Å²) in [5.41, 5.74) is 6.79. The number of nitro groups is 1. The predicted molar refractivity (Wildman–Crippen MR) is 84.8 cm³/mol. The van der Waals surface area contributed by atoms with Crippen LogP contribution in [0.25, 0.3) is 0 Å². The van der Waals surface area contributed by atoms with Crippen molar-refractivity contribution in [3.05, 3.63) is 39.9 Å². The molecule has 1 heterocycles. The zero-order chi connectivity index (χ0) is 15.0. The predicted octanol–water partition coefficient (Wildman–Crippen LogP) is 1.75. The van der Waals surface area contributed by atoms with E-state index in [1.807, 2.05) is 4.90 Å². The molecule has 1 saturated heterocycles. The van der Waals surface area contributed by atoms with E-state index < -0.39 is 4.92 Å². The van der Waals surface area contributed by atoms with Gasteiger partial charge in [-0.2, -0.15) is 0 Å². The normalized spacial score (nSPS) is 26.4. The summed E-state index contributed by atoms with van der Waals surface area (Å²) in [6.45, 7) is 1.52. The molecule has 1 aromatic rings. The van der Waals surface area contributed by atoms with Gasteiger partial charge in [0.05, 0.1) is 11.3 Å². The zero-order valence-corrected chi connectivity index (χ0v) is 13.0. The van der Waals surface area contributed by atoms with Crippen LogP contribution >= 0.6 is 12.4 Å². The standard InChI is InChI=1S/C15H19N3O3.ClH/c16-14-5-4-11-8-17(9-13(11)14)15(19)7-10-2-1-3-12(6-10)18(20)21;/h1-3,6,11,13-14H,4-5,7-9,16H2;1H. The van der Waals surface area contributed by atoms with Crippen LogP contribution in [0.5, 0.6) is 0 Å². The topological polar surface area (TPSA) is 89.5 Å². The molecular weight excluding hydrogens is 306 g/mol. The van der Waals surface area contributed by atoms with Gasteiger partial charge in [-0.3, -0.25) is 14.9 Å². The smallest absolute Gasteiger partial charge is 0.269 e. The first kappa shape index (κ1) is 16.7. The Morgan fingerprint density at radius 1 is 1.36 bits per heavy atom. The summed E-state index contributed by atoms with van der Waals surface area (Å²) >= 11 is 0. The number of fused-ring (bicyclic) bond motifs is 1. The molecule has 120 valence electrons. The van der Waals surface area contributed by atoms with Crippen molar-refractivity contribution in [2.24, 2.45) is 17.6 Å². The molecule has 2 fully saturated rings. The molecule has 0 radical (unpaired) electrons. The molecule has 3 rings (SSSR count). The minimum absolute atomic E-state index is 0. The number of nitro benzene ring substituents is 1. The van der Waals surface area contributed by atoms with E-state index in [1.54, 1.807) is 12.1 Å². The number of rotatable bonds is 3. The summed E-state index contributed by atoms with van der Waals surface area (Å²) in [5.74, 6) is 1.00. The van der Waals surface area contributed by atoms with Gasteiger partial charge in [0.15, 0.2) is 0 Å². The number of nitrogens with two attached hydrogens (primary N) is 1. The number of carbonyl (C=O) groups is 1. The Morgan fingerprint density at radius 3 is 2.82 bits per heavy atom. The van der Waals surface area contributed by atoms with Crippen LogP contribution in [0.15, 0.2) is 24.3 Å². The van der Waals surface area contributed by atoms with E-state index in [-0.39, 0.29) is 36.5 Å². The minimum atomic E-state index is -0.437. The van der Waals surface area contributed by atoms with Crippen LogP contribution in [0, 0.1) is 22.0 Å². The largest absolute Gasteiger partial charge is 0.342 e. The van der Waals surface area contributed by atoms with E-state index in [4.69, 9.17) is 5.73 Å². The van der Waals surface area contributed by atoms with Crippen LogP contribution in [-0.2, 0) is 11.2 Å². The summed E-state index contributed by atoms with van der Waals surface area (Å²) < 4.78 is 0. The van der Waals surface area contributed by atoms with Gasteiger partial charge >= 0.3 is 0 Å². The number of hydrogen-bond donors (Lipinski definition) is 1. The van der Waals surface area contributed by atoms with Crippen LogP contribution in [0.1, 0.15) is 18.4 Å². The van der Waals surface area contributed by atoms with Gasteiger partial charge in [-0.05, 0) is 30.2 Å². The van der Waals surface area contributed by atoms with Gasteiger partial charge < -0.3 is 10.6 Å². The zero-order valence-electron chi connectivity index (χ0n) is 12.2. The van der Waals surface area contributed by atoms with E-state index in [0.29, 0.717) is 17.4 Å². The molecule has 1 aliphatic carbocycles. The summed E-state index contributed by atoms with van der Waals surface area (Å²) in [6.07, 6.45) is 2.38. The molecule has 1 amide bonds. The molecule has 3 atom stereocenters. The molecule has 0 spiro atoms. The summed E-state index contributed by atoms with van der Waals surface area (Å²) in [4.78, 5) is 24.5. The number of amides is 1. The first-order chi connectivity index (χ1) is 10.0. The highest BCUT2D eigenvalue weighted by Crippen LogP contribution is 2.37. The second-order valence-corrected chi connectivity index (χ2v) is 6.07. The third-order valence-electron chi connectivity index (χ3n) is 4.74. The SMILES string of the molecule is Cl.NC1CCC2CN(C(=O)Cc3cccc([N+](=O)[O-])c3)CC12. The van der Waals surface area contributed by atoms with Crippen molar-refractivity contribution in [2.75, 3.05) is 13.1 Å². The fourth-order valence-electron chi connectivity index (χ4n) is 3.58. The number of carbonyl (C=O) groups excluding carboxylic acids is 1.